The molecule has 2 N–H and O–H groups in total. The molecule has 0 radical (unpaired) electrons. The van der Waals surface area contributed by atoms with Crippen molar-refractivity contribution in [3.05, 3.63) is 20.7 Å². The van der Waals surface area contributed by atoms with Crippen molar-refractivity contribution >= 4 is 29.2 Å². The van der Waals surface area contributed by atoms with Crippen LogP contribution in [0.15, 0.2) is 10.2 Å². The van der Waals surface area contributed by atoms with Gasteiger partial charge in [-0.3, -0.25) is 24.3 Å². The molecule has 0 aromatic carbocycles. The van der Waals surface area contributed by atoms with Crippen LogP contribution in [0.4, 0.5) is 4.79 Å². The lowest BCUT2D eigenvalue weighted by atomic mass is 10.4. The summed E-state index contributed by atoms with van der Waals surface area (Å²) < 4.78 is 6.14. The zero-order valence-electron chi connectivity index (χ0n) is 12.0. The molecule has 1 atom stereocenters. The summed E-state index contributed by atoms with van der Waals surface area (Å²) in [5, 5.41) is 6.04. The summed E-state index contributed by atoms with van der Waals surface area (Å²) in [4.78, 5) is 45.6. The molecule has 9 heteroatoms. The Bertz CT molecular complexity index is 592. The summed E-state index contributed by atoms with van der Waals surface area (Å²) in [7, 11) is 0. The van der Waals surface area contributed by atoms with Crippen molar-refractivity contribution in [3.63, 3.8) is 0 Å². The van der Waals surface area contributed by atoms with Crippen molar-refractivity contribution in [2.75, 3.05) is 6.54 Å². The number of hydrogen-bond acceptors (Lipinski definition) is 6. The van der Waals surface area contributed by atoms with Crippen LogP contribution < -0.4 is 15.5 Å². The van der Waals surface area contributed by atoms with Gasteiger partial charge in [-0.1, -0.05) is 11.3 Å². The molecule has 0 aliphatic heterocycles. The van der Waals surface area contributed by atoms with Crippen LogP contribution in [0.2, 0.25) is 0 Å². The fourth-order valence-corrected chi connectivity index (χ4v) is 2.17. The van der Waals surface area contributed by atoms with Crippen LogP contribution >= 0.6 is 11.3 Å². The van der Waals surface area contributed by atoms with Crippen molar-refractivity contribution in [1.82, 2.24) is 15.2 Å². The summed E-state index contributed by atoms with van der Waals surface area (Å²) in [5.74, 6) is -1.46. The summed E-state index contributed by atoms with van der Waals surface area (Å²) in [5.41, 5.74) is 0.640. The maximum atomic E-state index is 11.7. The van der Waals surface area contributed by atoms with Gasteiger partial charge in [0, 0.05) is 17.6 Å². The number of aromatic nitrogens is 1. The van der Waals surface area contributed by atoms with E-state index >= 15 is 0 Å². The van der Waals surface area contributed by atoms with E-state index in [2.05, 4.69) is 5.32 Å². The summed E-state index contributed by atoms with van der Waals surface area (Å²) in [6, 6.07) is -0.657. The molecular weight excluding hydrogens is 298 g/mol. The monoisotopic (exact) mass is 315 g/mol. The molecule has 8 nitrogen and oxygen atoms in total. The lowest BCUT2D eigenvalue weighted by Gasteiger charge is -2.13. The van der Waals surface area contributed by atoms with Crippen molar-refractivity contribution in [3.8, 4) is 0 Å². The number of carbonyl (C=O) groups is 3. The van der Waals surface area contributed by atoms with Gasteiger partial charge in [0.2, 0.25) is 0 Å². The van der Waals surface area contributed by atoms with Crippen molar-refractivity contribution in [1.29, 1.82) is 0 Å². The summed E-state index contributed by atoms with van der Waals surface area (Å²) >= 11 is 0.980. The van der Waals surface area contributed by atoms with Crippen LogP contribution in [0.25, 0.3) is 0 Å². The Balaban J connectivity index is 2.52. The number of amides is 3. The molecule has 1 rings (SSSR count). The molecule has 0 aliphatic rings. The van der Waals surface area contributed by atoms with E-state index < -0.39 is 24.0 Å². The molecule has 0 fully saturated rings. The molecule has 3 amide bonds. The molecule has 21 heavy (non-hydrogen) atoms. The van der Waals surface area contributed by atoms with Gasteiger partial charge in [-0.25, -0.2) is 4.79 Å². The van der Waals surface area contributed by atoms with Gasteiger partial charge >= 0.3 is 16.9 Å². The average Bonchev–Trinajstić information content (AvgIpc) is 2.70. The number of rotatable bonds is 5. The highest BCUT2D eigenvalue weighted by molar-refractivity contribution is 7.07. The third-order valence-corrected chi connectivity index (χ3v) is 3.40. The van der Waals surface area contributed by atoms with Gasteiger partial charge in [-0.15, -0.1) is 0 Å². The summed E-state index contributed by atoms with van der Waals surface area (Å²) in [6.07, 6.45) is -1.13. The van der Waals surface area contributed by atoms with Gasteiger partial charge < -0.3 is 10.1 Å². The molecule has 1 aromatic rings. The number of aryl methyl sites for hydroxylation is 1. The highest BCUT2D eigenvalue weighted by Gasteiger charge is 2.20. The number of hydrogen-bond donors (Lipinski definition) is 2. The standard InChI is InChI=1S/C12H17N3O5S/c1-4-13-11(18)14-10(17)8(3)20-9(16)5-15-7(2)6-21-12(15)19/h6,8H,4-5H2,1-3H3,(H2,13,14,17,18). The van der Waals surface area contributed by atoms with Crippen LogP contribution in [-0.4, -0.2) is 35.1 Å². The maximum Gasteiger partial charge on any atom is 0.326 e. The topological polar surface area (TPSA) is 106 Å². The third kappa shape index (κ3) is 5.03. The molecule has 1 heterocycles. The quantitative estimate of drug-likeness (QED) is 0.744. The molecule has 0 bridgehead atoms. The normalized spacial score (nSPS) is 11.6. The molecule has 0 saturated heterocycles. The average molecular weight is 315 g/mol. The first-order valence-corrected chi connectivity index (χ1v) is 7.16. The van der Waals surface area contributed by atoms with Gasteiger partial charge in [0.15, 0.2) is 6.10 Å². The predicted molar refractivity (Wildman–Crippen MR) is 76.1 cm³/mol. The van der Waals surface area contributed by atoms with Crippen LogP contribution in [0.1, 0.15) is 19.5 Å². The minimum absolute atomic E-state index is 0.271. The number of nitrogens with zero attached hydrogens (tertiary/aromatic N) is 1. The van der Waals surface area contributed by atoms with Crippen molar-refractivity contribution in [2.24, 2.45) is 0 Å². The lowest BCUT2D eigenvalue weighted by molar-refractivity contribution is -0.155. The predicted octanol–water partition coefficient (Wildman–Crippen LogP) is -0.00438. The first-order valence-electron chi connectivity index (χ1n) is 6.28. The lowest BCUT2D eigenvalue weighted by Crippen LogP contribution is -2.44. The molecule has 1 unspecified atom stereocenters. The molecule has 0 aliphatic carbocycles. The number of imide groups is 1. The maximum absolute atomic E-state index is 11.7. The van der Waals surface area contributed by atoms with Gasteiger partial charge in [-0.05, 0) is 20.8 Å². The Kier molecular flexibility index (Phi) is 6.10. The van der Waals surface area contributed by atoms with Crippen LogP contribution in [0, 0.1) is 6.92 Å². The van der Waals surface area contributed by atoms with Crippen molar-refractivity contribution in [2.45, 2.75) is 33.4 Å². The Hall–Kier alpha value is -2.16. The molecule has 0 spiro atoms. The number of nitrogens with one attached hydrogen (secondary N) is 2. The minimum atomic E-state index is -1.13. The Morgan fingerprint density at radius 1 is 1.43 bits per heavy atom. The molecule has 0 saturated carbocycles. The summed E-state index contributed by atoms with van der Waals surface area (Å²) in [6.45, 7) is 4.83. The van der Waals surface area contributed by atoms with Crippen LogP contribution in [0.5, 0.6) is 0 Å². The van der Waals surface area contributed by atoms with Gasteiger partial charge in [0.05, 0.1) is 0 Å². The molecule has 116 valence electrons. The van der Waals surface area contributed by atoms with E-state index in [9.17, 15) is 19.2 Å². The third-order valence-electron chi connectivity index (χ3n) is 2.52. The minimum Gasteiger partial charge on any atom is -0.451 e. The fourth-order valence-electron chi connectivity index (χ4n) is 1.43. The number of thiazole rings is 1. The number of carbonyl (C=O) groups excluding carboxylic acids is 3. The van der Waals surface area contributed by atoms with E-state index in [1.807, 2.05) is 5.32 Å². The smallest absolute Gasteiger partial charge is 0.326 e. The fraction of sp³-hybridized carbons (Fsp3) is 0.500. The SMILES string of the molecule is CCNC(=O)NC(=O)C(C)OC(=O)Cn1c(C)csc1=O. The first-order chi connectivity index (χ1) is 9.85. The zero-order valence-corrected chi connectivity index (χ0v) is 12.8. The van der Waals surface area contributed by atoms with E-state index in [-0.39, 0.29) is 11.4 Å². The second kappa shape index (κ2) is 7.58. The molecule has 1 aromatic heterocycles. The Morgan fingerprint density at radius 2 is 2.10 bits per heavy atom. The number of urea groups is 1. The Morgan fingerprint density at radius 3 is 2.62 bits per heavy atom. The van der Waals surface area contributed by atoms with Gasteiger partial charge in [0.25, 0.3) is 5.91 Å². The zero-order chi connectivity index (χ0) is 16.0. The van der Waals surface area contributed by atoms with Gasteiger partial charge in [0.1, 0.15) is 6.54 Å². The highest BCUT2D eigenvalue weighted by atomic mass is 32.1. The second-order valence-corrected chi connectivity index (χ2v) is 5.03. The van der Waals surface area contributed by atoms with Crippen LogP contribution in [-0.2, 0) is 20.9 Å². The van der Waals surface area contributed by atoms with Crippen LogP contribution in [0.3, 0.4) is 0 Å². The van der Waals surface area contributed by atoms with Gasteiger partial charge in [-0.2, -0.15) is 0 Å². The molecular formula is C12H17N3O5S. The second-order valence-electron chi connectivity index (χ2n) is 4.21. The number of esters is 1. The largest absolute Gasteiger partial charge is 0.451 e. The Labute approximate surface area is 125 Å². The van der Waals surface area contributed by atoms with Crippen molar-refractivity contribution < 1.29 is 19.1 Å². The number of ether oxygens (including phenoxy) is 1. The van der Waals surface area contributed by atoms with E-state index in [1.165, 1.54) is 11.5 Å². The van der Waals surface area contributed by atoms with E-state index in [0.29, 0.717) is 12.2 Å². The highest BCUT2D eigenvalue weighted by Crippen LogP contribution is 2.01. The van der Waals surface area contributed by atoms with E-state index in [0.717, 1.165) is 11.3 Å². The van der Waals surface area contributed by atoms with E-state index in [4.69, 9.17) is 4.74 Å². The van der Waals surface area contributed by atoms with E-state index in [1.54, 1.807) is 19.2 Å². The first kappa shape index (κ1) is 16.9.